The predicted octanol–water partition coefficient (Wildman–Crippen LogP) is 4.10. The van der Waals surface area contributed by atoms with Crippen molar-refractivity contribution in [2.75, 3.05) is 81.8 Å². The van der Waals surface area contributed by atoms with Gasteiger partial charge in [-0.3, -0.25) is 19.3 Å². The Hall–Kier alpha value is -4.92. The summed E-state index contributed by atoms with van der Waals surface area (Å²) in [5.41, 5.74) is 8.33. The normalized spacial score (nSPS) is 21.2. The molecule has 4 atom stereocenters. The molecule has 3 aromatic heterocycles. The summed E-state index contributed by atoms with van der Waals surface area (Å²) in [6.07, 6.45) is 8.48. The highest BCUT2D eigenvalue weighted by Crippen LogP contribution is 2.39. The molecule has 4 fully saturated rings. The van der Waals surface area contributed by atoms with Gasteiger partial charge in [0.05, 0.1) is 35.7 Å². The number of nitrogens with zero attached hydrogens (tertiary/aromatic N) is 11. The minimum Gasteiger partial charge on any atom is -0.391 e. The molecule has 0 unspecified atom stereocenters. The fraction of sp³-hybridized carbons (Fsp3) is 0.592. The summed E-state index contributed by atoms with van der Waals surface area (Å²) in [6.45, 7) is 14.7. The van der Waals surface area contributed by atoms with Crippen LogP contribution in [0.1, 0.15) is 88.3 Å². The largest absolute Gasteiger partial charge is 0.391 e. The van der Waals surface area contributed by atoms with Crippen LogP contribution in [-0.4, -0.2) is 157 Å². The van der Waals surface area contributed by atoms with Crippen LogP contribution in [0.5, 0.6) is 0 Å². The summed E-state index contributed by atoms with van der Waals surface area (Å²) >= 11 is 8.41. The Bertz CT molecular complexity index is 2390. The van der Waals surface area contributed by atoms with Gasteiger partial charge in [-0.05, 0) is 68.5 Å². The maximum Gasteiger partial charge on any atom is 0.248 e. The van der Waals surface area contributed by atoms with Crippen molar-refractivity contribution in [2.24, 2.45) is 23.0 Å². The number of nitrogens with two attached hydrogens (primary N) is 1. The molecule has 0 saturated carbocycles. The molecule has 1 aromatic carbocycles. The second-order valence-electron chi connectivity index (χ2n) is 19.8. The monoisotopic (exact) mass is 985 g/mol. The molecule has 4 aliphatic rings. The van der Waals surface area contributed by atoms with Gasteiger partial charge in [0, 0.05) is 95.1 Å². The van der Waals surface area contributed by atoms with Gasteiger partial charge in [-0.2, -0.15) is 0 Å². The van der Waals surface area contributed by atoms with E-state index in [9.17, 15) is 24.6 Å². The molecule has 0 bridgehead atoms. The van der Waals surface area contributed by atoms with Crippen molar-refractivity contribution in [1.29, 1.82) is 0 Å². The van der Waals surface area contributed by atoms with Crippen LogP contribution in [0.25, 0.3) is 0 Å². The number of pyridine rings is 1. The molecule has 69 heavy (non-hydrogen) atoms. The lowest BCUT2D eigenvalue weighted by molar-refractivity contribution is -0.142. The molecule has 0 aliphatic carbocycles. The highest BCUT2D eigenvalue weighted by Gasteiger charge is 2.43. The van der Waals surface area contributed by atoms with Gasteiger partial charge < -0.3 is 40.9 Å². The number of rotatable bonds is 16. The highest BCUT2D eigenvalue weighted by molar-refractivity contribution is 7.99. The first-order valence-electron chi connectivity index (χ1n) is 24.5. The van der Waals surface area contributed by atoms with E-state index in [-0.39, 0.29) is 60.6 Å². The summed E-state index contributed by atoms with van der Waals surface area (Å²) in [6, 6.07) is 9.90. The number of aryl methyl sites for hydroxylation is 1. The third kappa shape index (κ3) is 11.8. The van der Waals surface area contributed by atoms with Crippen LogP contribution in [0.2, 0.25) is 5.02 Å². The van der Waals surface area contributed by atoms with E-state index >= 15 is 0 Å². The van der Waals surface area contributed by atoms with E-state index in [0.717, 1.165) is 49.5 Å². The minimum atomic E-state index is -0.825. The zero-order valence-corrected chi connectivity index (χ0v) is 41.9. The fourth-order valence-electron chi connectivity index (χ4n) is 10.2. The van der Waals surface area contributed by atoms with Gasteiger partial charge in [0.25, 0.3) is 0 Å². The number of hydrogen-bond acceptors (Lipinski definition) is 15. The van der Waals surface area contributed by atoms with E-state index in [1.54, 1.807) is 23.3 Å². The number of carbonyl (C=O) groups excluding carboxylic acids is 3. The van der Waals surface area contributed by atoms with E-state index in [4.69, 9.17) is 27.3 Å². The number of amides is 3. The van der Waals surface area contributed by atoms with Gasteiger partial charge in [-0.25, -0.2) is 19.6 Å². The molecule has 4 saturated heterocycles. The minimum absolute atomic E-state index is 0.0704. The number of aliphatic hydroxyl groups excluding tert-OH is 2. The molecule has 18 nitrogen and oxygen atoms in total. The van der Waals surface area contributed by atoms with Gasteiger partial charge in [-0.15, -0.1) is 5.10 Å². The summed E-state index contributed by atoms with van der Waals surface area (Å²) in [5.74, 6) is 0.802. The number of carbonyl (C=O) groups is 3. The predicted molar refractivity (Wildman–Crippen MR) is 265 cm³/mol. The Kier molecular flexibility index (Phi) is 16.4. The molecule has 0 radical (unpaired) electrons. The van der Waals surface area contributed by atoms with Crippen molar-refractivity contribution < 1.29 is 24.6 Å². The molecule has 7 heterocycles. The van der Waals surface area contributed by atoms with Crippen molar-refractivity contribution in [3.63, 3.8) is 0 Å². The van der Waals surface area contributed by atoms with Crippen LogP contribution >= 0.6 is 23.4 Å². The number of anilines is 2. The Labute approximate surface area is 414 Å². The van der Waals surface area contributed by atoms with E-state index in [2.05, 4.69) is 42.2 Å². The fourth-order valence-corrected chi connectivity index (χ4v) is 11.3. The third-order valence-corrected chi connectivity index (χ3v) is 16.0. The van der Waals surface area contributed by atoms with E-state index in [1.165, 1.54) is 16.7 Å². The van der Waals surface area contributed by atoms with Gasteiger partial charge in [-0.1, -0.05) is 79.7 Å². The molecule has 20 heteroatoms. The SMILES string of the molecule is Cc1cn([C@H](C(=O)N2C[C@H](O)C[C@H]2C(=O)N[C@@H](CCN2CCN(C(=O)C3CCN(c4nccc(Sc5cnc(N6CCC(C)(CN)CC6)c(CO)n5)c4Cl)CC3)CC2)c2ccccc2)C(C)C)nn1. The van der Waals surface area contributed by atoms with Crippen LogP contribution in [0, 0.1) is 24.2 Å². The summed E-state index contributed by atoms with van der Waals surface area (Å²) < 4.78 is 1.56. The second kappa shape index (κ2) is 22.4. The number of halogens is 1. The average molecular weight is 987 g/mol. The highest BCUT2D eigenvalue weighted by atomic mass is 35.5. The zero-order chi connectivity index (χ0) is 48.8. The maximum atomic E-state index is 14.1. The van der Waals surface area contributed by atoms with Gasteiger partial charge >= 0.3 is 0 Å². The number of hydrogen-bond donors (Lipinski definition) is 4. The molecule has 0 spiro atoms. The van der Waals surface area contributed by atoms with E-state index in [1.807, 2.05) is 62.1 Å². The molecule has 4 aromatic rings. The van der Waals surface area contributed by atoms with Crippen molar-refractivity contribution in [1.82, 2.24) is 50.0 Å². The number of likely N-dealkylation sites (tertiary alicyclic amines) is 1. The quantitative estimate of drug-likeness (QED) is 0.124. The maximum absolute atomic E-state index is 14.1. The standard InChI is InChI=1S/C49H68ClN13O5S/c1-32(2)43(63-28-33(3)56-57-63)48(68)62-29-36(65)26-39(62)46(66)55-37(34-8-6-5-7-9-34)13-17-58-22-24-61(25-23-58)47(67)35-11-18-59(19-12-35)45-42(50)40(10-16-52-45)69-41-27-53-44(38(30-64)54-41)60-20-14-49(4,31-51)15-21-60/h5-10,16,27-28,32,35-37,39,43,64-65H,11-15,17-26,29-31,51H2,1-4H3,(H,55,66)/t36-,37+,39+,43+/m1/s1. The van der Waals surface area contributed by atoms with E-state index in [0.29, 0.717) is 91.6 Å². The van der Waals surface area contributed by atoms with Crippen molar-refractivity contribution >= 4 is 52.7 Å². The number of aliphatic hydroxyl groups is 2. The van der Waals surface area contributed by atoms with Crippen LogP contribution in [0.4, 0.5) is 11.6 Å². The number of benzene rings is 1. The van der Waals surface area contributed by atoms with Crippen molar-refractivity contribution in [3.8, 4) is 0 Å². The molecule has 4 aliphatic heterocycles. The Morgan fingerprint density at radius 1 is 0.971 bits per heavy atom. The van der Waals surface area contributed by atoms with Gasteiger partial charge in [0.1, 0.15) is 28.6 Å². The lowest BCUT2D eigenvalue weighted by Crippen LogP contribution is -2.52. The Morgan fingerprint density at radius 3 is 2.33 bits per heavy atom. The van der Waals surface area contributed by atoms with E-state index < -0.39 is 18.2 Å². The van der Waals surface area contributed by atoms with Crippen LogP contribution in [0.15, 0.2) is 64.9 Å². The summed E-state index contributed by atoms with van der Waals surface area (Å²) in [7, 11) is 0. The first-order valence-corrected chi connectivity index (χ1v) is 25.7. The number of piperazine rings is 1. The molecule has 3 amide bonds. The number of β-amino-alcohol motifs (C(OH)–C–C–N with tert-alkyl or cyclic N) is 1. The number of piperidine rings is 2. The van der Waals surface area contributed by atoms with Crippen LogP contribution in [0.3, 0.4) is 0 Å². The lowest BCUT2D eigenvalue weighted by atomic mass is 9.80. The van der Waals surface area contributed by atoms with Crippen molar-refractivity contribution in [3.05, 3.63) is 77.0 Å². The van der Waals surface area contributed by atoms with Gasteiger partial charge in [0.2, 0.25) is 17.7 Å². The van der Waals surface area contributed by atoms with Crippen molar-refractivity contribution in [2.45, 2.75) is 107 Å². The topological polar surface area (TPSA) is 215 Å². The van der Waals surface area contributed by atoms with Gasteiger partial charge in [0.15, 0.2) is 5.82 Å². The smallest absolute Gasteiger partial charge is 0.248 e. The third-order valence-electron chi connectivity index (χ3n) is 14.5. The average Bonchev–Trinajstić information content (AvgIpc) is 3.98. The molecular formula is C49H68ClN13O5S. The first-order chi connectivity index (χ1) is 33.2. The Balaban J connectivity index is 0.819. The molecule has 8 rings (SSSR count). The first kappa shape index (κ1) is 50.5. The van der Waals surface area contributed by atoms with Crippen LogP contribution in [-0.2, 0) is 21.0 Å². The summed E-state index contributed by atoms with van der Waals surface area (Å²) in [4.78, 5) is 67.2. The molecular weight excluding hydrogens is 918 g/mol. The molecule has 372 valence electrons. The lowest BCUT2D eigenvalue weighted by Gasteiger charge is -2.39. The number of aromatic nitrogens is 6. The van der Waals surface area contributed by atoms with Crippen LogP contribution < -0.4 is 20.9 Å². The molecule has 5 N–H and O–H groups in total. The summed E-state index contributed by atoms with van der Waals surface area (Å²) in [5, 5.41) is 33.7. The second-order valence-corrected chi connectivity index (χ2v) is 21.2. The number of nitrogens with one attached hydrogen (secondary N) is 1. The zero-order valence-electron chi connectivity index (χ0n) is 40.3. The Morgan fingerprint density at radius 2 is 1.68 bits per heavy atom.